The maximum Gasteiger partial charge on any atom is 0.197 e. The number of hydrogen-bond acceptors (Lipinski definition) is 8. The number of guanidine groups is 1. The Morgan fingerprint density at radius 3 is 2.96 bits per heavy atom. The SMILES string of the molecule is CN(Cc1ccsc1)c1cccc(-c2csc(NC3=NCCCN3)n2)n1. The van der Waals surface area contributed by atoms with Gasteiger partial charge in [0.05, 0.1) is 5.69 Å². The second-order valence-electron chi connectivity index (χ2n) is 6.04. The molecule has 0 radical (unpaired) electrons. The third-order valence-electron chi connectivity index (χ3n) is 4.01. The van der Waals surface area contributed by atoms with Crippen LogP contribution in [0.5, 0.6) is 0 Å². The highest BCUT2D eigenvalue weighted by Crippen LogP contribution is 2.25. The second kappa shape index (κ2) is 7.84. The first-order valence-electron chi connectivity index (χ1n) is 8.48. The van der Waals surface area contributed by atoms with Crippen LogP contribution in [0.2, 0.25) is 0 Å². The summed E-state index contributed by atoms with van der Waals surface area (Å²) in [5, 5.41) is 13.6. The van der Waals surface area contributed by atoms with Crippen LogP contribution in [-0.2, 0) is 6.54 Å². The molecule has 4 heterocycles. The van der Waals surface area contributed by atoms with E-state index in [4.69, 9.17) is 4.98 Å². The van der Waals surface area contributed by atoms with Crippen molar-refractivity contribution in [1.82, 2.24) is 15.3 Å². The largest absolute Gasteiger partial charge is 0.356 e. The number of aromatic nitrogens is 2. The molecule has 26 heavy (non-hydrogen) atoms. The molecule has 0 bridgehead atoms. The van der Waals surface area contributed by atoms with E-state index < -0.39 is 0 Å². The summed E-state index contributed by atoms with van der Waals surface area (Å²) in [6.07, 6.45) is 1.07. The molecule has 0 saturated heterocycles. The lowest BCUT2D eigenvalue weighted by molar-refractivity contribution is 0.740. The topological polar surface area (TPSA) is 65.4 Å². The Morgan fingerprint density at radius 2 is 2.15 bits per heavy atom. The van der Waals surface area contributed by atoms with Crippen molar-refractivity contribution in [2.45, 2.75) is 13.0 Å². The van der Waals surface area contributed by atoms with Crippen LogP contribution < -0.4 is 15.5 Å². The third kappa shape index (κ3) is 4.03. The van der Waals surface area contributed by atoms with E-state index in [1.807, 2.05) is 23.6 Å². The van der Waals surface area contributed by atoms with Gasteiger partial charge in [0.15, 0.2) is 11.1 Å². The lowest BCUT2D eigenvalue weighted by Crippen LogP contribution is -2.35. The molecule has 0 amide bonds. The van der Waals surface area contributed by atoms with Gasteiger partial charge < -0.3 is 15.5 Å². The van der Waals surface area contributed by atoms with E-state index in [1.54, 1.807) is 22.7 Å². The van der Waals surface area contributed by atoms with E-state index >= 15 is 0 Å². The summed E-state index contributed by atoms with van der Waals surface area (Å²) < 4.78 is 0. The summed E-state index contributed by atoms with van der Waals surface area (Å²) in [5.41, 5.74) is 3.05. The van der Waals surface area contributed by atoms with Gasteiger partial charge in [-0.1, -0.05) is 6.07 Å². The van der Waals surface area contributed by atoms with E-state index in [0.29, 0.717) is 0 Å². The Morgan fingerprint density at radius 1 is 1.19 bits per heavy atom. The molecule has 0 atom stereocenters. The summed E-state index contributed by atoms with van der Waals surface area (Å²) in [6.45, 7) is 2.65. The Labute approximate surface area is 160 Å². The van der Waals surface area contributed by atoms with E-state index in [9.17, 15) is 0 Å². The number of thiophene rings is 1. The standard InChI is InChI=1S/C18H20N6S2/c1-24(10-13-6-9-25-11-13)16-5-2-4-14(21-16)15-12-26-18(22-15)23-17-19-7-3-8-20-17/h2,4-6,9,11-12H,3,7-8,10H2,1H3,(H2,19,20,22,23). The summed E-state index contributed by atoms with van der Waals surface area (Å²) in [6, 6.07) is 8.20. The first-order valence-corrected chi connectivity index (χ1v) is 10.3. The number of pyridine rings is 1. The van der Waals surface area contributed by atoms with Gasteiger partial charge in [-0.3, -0.25) is 4.99 Å². The molecule has 0 unspecified atom stereocenters. The first-order chi connectivity index (χ1) is 12.8. The van der Waals surface area contributed by atoms with Gasteiger partial charge in [0.2, 0.25) is 0 Å². The predicted octanol–water partition coefficient (Wildman–Crippen LogP) is 3.66. The van der Waals surface area contributed by atoms with Crippen molar-refractivity contribution in [1.29, 1.82) is 0 Å². The molecule has 2 N–H and O–H groups in total. The summed E-state index contributed by atoms with van der Waals surface area (Å²) in [5.74, 6) is 1.74. The van der Waals surface area contributed by atoms with Crippen LogP contribution in [0.15, 0.2) is 45.4 Å². The van der Waals surface area contributed by atoms with Crippen molar-refractivity contribution < 1.29 is 0 Å². The number of hydrogen-bond donors (Lipinski definition) is 2. The lowest BCUT2D eigenvalue weighted by atomic mass is 10.2. The number of nitrogens with one attached hydrogen (secondary N) is 2. The Kier molecular flexibility index (Phi) is 5.12. The zero-order valence-corrected chi connectivity index (χ0v) is 16.1. The van der Waals surface area contributed by atoms with Gasteiger partial charge in [0, 0.05) is 32.1 Å². The highest BCUT2D eigenvalue weighted by atomic mass is 32.1. The molecule has 4 rings (SSSR count). The molecule has 0 aromatic carbocycles. The van der Waals surface area contributed by atoms with Gasteiger partial charge >= 0.3 is 0 Å². The van der Waals surface area contributed by atoms with Gasteiger partial charge in [-0.05, 0) is 40.9 Å². The highest BCUT2D eigenvalue weighted by Gasteiger charge is 2.11. The van der Waals surface area contributed by atoms with Gasteiger partial charge in [0.1, 0.15) is 11.5 Å². The Bertz CT molecular complexity index is 887. The number of anilines is 2. The fourth-order valence-corrected chi connectivity index (χ4v) is 4.05. The average molecular weight is 385 g/mol. The third-order valence-corrected chi connectivity index (χ3v) is 5.50. The van der Waals surface area contributed by atoms with Crippen LogP contribution in [0.1, 0.15) is 12.0 Å². The highest BCUT2D eigenvalue weighted by molar-refractivity contribution is 7.14. The van der Waals surface area contributed by atoms with Crippen LogP contribution >= 0.6 is 22.7 Å². The molecule has 6 nitrogen and oxygen atoms in total. The van der Waals surface area contributed by atoms with E-state index in [1.165, 1.54) is 5.56 Å². The molecule has 1 aliphatic rings. The quantitative estimate of drug-likeness (QED) is 0.703. The minimum atomic E-state index is 0.800. The monoisotopic (exact) mass is 384 g/mol. The van der Waals surface area contributed by atoms with E-state index in [2.05, 4.69) is 49.4 Å². The van der Waals surface area contributed by atoms with Gasteiger partial charge in [-0.25, -0.2) is 9.97 Å². The number of nitrogens with zero attached hydrogens (tertiary/aromatic N) is 4. The molecule has 0 spiro atoms. The molecule has 0 fully saturated rings. The van der Waals surface area contributed by atoms with Crippen molar-refractivity contribution in [3.05, 3.63) is 46.0 Å². The fourth-order valence-electron chi connectivity index (χ4n) is 2.68. The van der Waals surface area contributed by atoms with Crippen LogP contribution in [0.3, 0.4) is 0 Å². The minimum Gasteiger partial charge on any atom is -0.356 e. The van der Waals surface area contributed by atoms with Crippen LogP contribution in [0.4, 0.5) is 10.9 Å². The normalized spacial score (nSPS) is 13.8. The molecule has 0 saturated carbocycles. The smallest absolute Gasteiger partial charge is 0.197 e. The van der Waals surface area contributed by atoms with E-state index in [-0.39, 0.29) is 0 Å². The lowest BCUT2D eigenvalue weighted by Gasteiger charge is -2.17. The second-order valence-corrected chi connectivity index (χ2v) is 7.68. The van der Waals surface area contributed by atoms with Crippen molar-refractivity contribution in [3.8, 4) is 11.4 Å². The fraction of sp³-hybridized carbons (Fsp3) is 0.278. The molecule has 1 aliphatic heterocycles. The maximum absolute atomic E-state index is 4.78. The predicted molar refractivity (Wildman–Crippen MR) is 110 cm³/mol. The molecule has 3 aromatic heterocycles. The van der Waals surface area contributed by atoms with Crippen molar-refractivity contribution >= 4 is 39.6 Å². The summed E-state index contributed by atoms with van der Waals surface area (Å²) >= 11 is 3.28. The van der Waals surface area contributed by atoms with Crippen molar-refractivity contribution in [2.75, 3.05) is 30.4 Å². The molecule has 134 valence electrons. The maximum atomic E-state index is 4.78. The molecule has 3 aromatic rings. The van der Waals surface area contributed by atoms with Gasteiger partial charge in [0.25, 0.3) is 0 Å². The molecular formula is C18H20N6S2. The summed E-state index contributed by atoms with van der Waals surface area (Å²) in [7, 11) is 2.06. The zero-order valence-electron chi connectivity index (χ0n) is 14.5. The average Bonchev–Trinajstić information content (AvgIpc) is 3.35. The number of rotatable bonds is 5. The van der Waals surface area contributed by atoms with E-state index in [0.717, 1.165) is 54.4 Å². The van der Waals surface area contributed by atoms with Crippen LogP contribution in [0, 0.1) is 0 Å². The Hall–Kier alpha value is -2.45. The first kappa shape index (κ1) is 17.0. The van der Waals surface area contributed by atoms with Crippen LogP contribution in [-0.4, -0.2) is 36.1 Å². The summed E-state index contributed by atoms with van der Waals surface area (Å²) in [4.78, 5) is 16.0. The minimum absolute atomic E-state index is 0.800. The number of aliphatic imine (C=N–C) groups is 1. The number of thiazole rings is 1. The molecule has 0 aliphatic carbocycles. The van der Waals surface area contributed by atoms with Gasteiger partial charge in [-0.15, -0.1) is 11.3 Å². The zero-order chi connectivity index (χ0) is 17.8. The van der Waals surface area contributed by atoms with Crippen LogP contribution in [0.25, 0.3) is 11.4 Å². The van der Waals surface area contributed by atoms with Gasteiger partial charge in [-0.2, -0.15) is 11.3 Å². The Balaban J connectivity index is 1.48. The molecule has 8 heteroatoms. The molecular weight excluding hydrogens is 364 g/mol. The van der Waals surface area contributed by atoms with Crippen molar-refractivity contribution in [2.24, 2.45) is 4.99 Å². The van der Waals surface area contributed by atoms with Crippen molar-refractivity contribution in [3.63, 3.8) is 0 Å².